The third kappa shape index (κ3) is 3.64. The number of hydrogen-bond donors (Lipinski definition) is 0. The molecule has 0 aliphatic carbocycles. The Hall–Kier alpha value is -1.37. The van der Waals surface area contributed by atoms with E-state index in [1.165, 1.54) is 6.07 Å². The molecule has 1 aliphatic rings. The number of nitrogens with zero attached hydrogens (tertiary/aromatic N) is 2. The van der Waals surface area contributed by atoms with Gasteiger partial charge in [-0.1, -0.05) is 23.2 Å². The highest BCUT2D eigenvalue weighted by atomic mass is 35.5. The molecule has 0 spiro atoms. The summed E-state index contributed by atoms with van der Waals surface area (Å²) in [6.07, 6.45) is 0.647. The van der Waals surface area contributed by atoms with Crippen molar-refractivity contribution in [2.75, 3.05) is 19.7 Å². The molecule has 1 atom stereocenters. The summed E-state index contributed by atoms with van der Waals surface area (Å²) in [6.45, 7) is 3.44. The van der Waals surface area contributed by atoms with Crippen LogP contribution in [-0.4, -0.2) is 41.5 Å². The van der Waals surface area contributed by atoms with Crippen LogP contribution in [0.5, 0.6) is 0 Å². The minimum absolute atomic E-state index is 0.00617. The van der Waals surface area contributed by atoms with Crippen molar-refractivity contribution < 1.29 is 14.5 Å². The molecule has 0 aromatic heterocycles. The lowest BCUT2D eigenvalue weighted by Gasteiger charge is -2.22. The van der Waals surface area contributed by atoms with Crippen LogP contribution in [0.25, 0.3) is 0 Å². The molecule has 6 nitrogen and oxygen atoms in total. The van der Waals surface area contributed by atoms with Crippen LogP contribution < -0.4 is 0 Å². The Balaban J connectivity index is 2.32. The summed E-state index contributed by atoms with van der Waals surface area (Å²) in [4.78, 5) is 24.4. The summed E-state index contributed by atoms with van der Waals surface area (Å²) in [5.74, 6) is -0.311. The fourth-order valence-corrected chi connectivity index (χ4v) is 2.58. The molecule has 0 radical (unpaired) electrons. The zero-order valence-corrected chi connectivity index (χ0v) is 12.9. The molecule has 0 saturated carbocycles. The smallest absolute Gasteiger partial charge is 0.290 e. The lowest BCUT2D eigenvalue weighted by Crippen LogP contribution is -2.35. The Labute approximate surface area is 131 Å². The molecule has 0 bridgehead atoms. The van der Waals surface area contributed by atoms with Crippen molar-refractivity contribution in [3.05, 3.63) is 37.9 Å². The molecule has 1 fully saturated rings. The Bertz CT molecular complexity index is 580. The molecular formula is C13H14Cl2N2O4. The van der Waals surface area contributed by atoms with E-state index in [9.17, 15) is 14.9 Å². The molecule has 1 aromatic rings. The van der Waals surface area contributed by atoms with Crippen molar-refractivity contribution >= 4 is 34.8 Å². The summed E-state index contributed by atoms with van der Waals surface area (Å²) >= 11 is 11.7. The van der Waals surface area contributed by atoms with Crippen LogP contribution in [0.4, 0.5) is 5.69 Å². The Morgan fingerprint density at radius 3 is 2.86 bits per heavy atom. The zero-order chi connectivity index (χ0) is 15.6. The van der Waals surface area contributed by atoms with Crippen LogP contribution in [0.15, 0.2) is 12.1 Å². The summed E-state index contributed by atoms with van der Waals surface area (Å²) in [5, 5.41) is 10.8. The van der Waals surface area contributed by atoms with E-state index in [1.54, 1.807) is 4.90 Å². The third-order valence-electron chi connectivity index (χ3n) is 3.19. The SMILES string of the molecule is CC1CN(C(=O)c2cc(Cl)c(Cl)c([N+](=O)[O-])c2)CCCO1. The van der Waals surface area contributed by atoms with Gasteiger partial charge in [0, 0.05) is 31.3 Å². The van der Waals surface area contributed by atoms with Crippen LogP contribution in [0.3, 0.4) is 0 Å². The van der Waals surface area contributed by atoms with E-state index in [0.717, 1.165) is 12.5 Å². The van der Waals surface area contributed by atoms with Gasteiger partial charge in [-0.3, -0.25) is 14.9 Å². The molecule has 1 amide bonds. The number of ether oxygens (including phenoxy) is 1. The summed E-state index contributed by atoms with van der Waals surface area (Å²) in [5.41, 5.74) is -0.211. The van der Waals surface area contributed by atoms with Crippen LogP contribution >= 0.6 is 23.2 Å². The predicted molar refractivity (Wildman–Crippen MR) is 79.1 cm³/mol. The predicted octanol–water partition coefficient (Wildman–Crippen LogP) is 3.15. The zero-order valence-electron chi connectivity index (χ0n) is 11.3. The van der Waals surface area contributed by atoms with Crippen molar-refractivity contribution in [1.29, 1.82) is 0 Å². The van der Waals surface area contributed by atoms with E-state index in [1.807, 2.05) is 6.92 Å². The van der Waals surface area contributed by atoms with E-state index in [4.69, 9.17) is 27.9 Å². The summed E-state index contributed by atoms with van der Waals surface area (Å²) in [7, 11) is 0. The number of nitro benzene ring substituents is 1. The molecule has 0 N–H and O–H groups in total. The van der Waals surface area contributed by atoms with E-state index in [-0.39, 0.29) is 33.3 Å². The molecule has 2 rings (SSSR count). The highest BCUT2D eigenvalue weighted by Gasteiger charge is 2.25. The average Bonchev–Trinajstić information content (AvgIpc) is 2.65. The summed E-state index contributed by atoms with van der Waals surface area (Å²) in [6, 6.07) is 2.52. The third-order valence-corrected chi connectivity index (χ3v) is 3.98. The quantitative estimate of drug-likeness (QED) is 0.616. The maximum Gasteiger partial charge on any atom is 0.290 e. The first kappa shape index (κ1) is 16.0. The number of halogens is 2. The Kier molecular flexibility index (Phi) is 5.03. The number of nitro groups is 1. The average molecular weight is 333 g/mol. The van der Waals surface area contributed by atoms with Crippen LogP contribution in [-0.2, 0) is 4.74 Å². The Morgan fingerprint density at radius 2 is 2.19 bits per heavy atom. The van der Waals surface area contributed by atoms with E-state index >= 15 is 0 Å². The van der Waals surface area contributed by atoms with Gasteiger partial charge in [0.15, 0.2) is 0 Å². The van der Waals surface area contributed by atoms with Gasteiger partial charge in [-0.15, -0.1) is 0 Å². The van der Waals surface area contributed by atoms with Gasteiger partial charge in [-0.2, -0.15) is 0 Å². The van der Waals surface area contributed by atoms with E-state index in [2.05, 4.69) is 0 Å². The lowest BCUT2D eigenvalue weighted by atomic mass is 10.1. The molecule has 1 aliphatic heterocycles. The van der Waals surface area contributed by atoms with Crippen molar-refractivity contribution in [2.45, 2.75) is 19.4 Å². The maximum absolute atomic E-state index is 12.5. The van der Waals surface area contributed by atoms with Gasteiger partial charge in [-0.25, -0.2) is 0 Å². The first-order chi connectivity index (χ1) is 9.90. The number of rotatable bonds is 2. The van der Waals surface area contributed by atoms with Crippen LogP contribution in [0, 0.1) is 10.1 Å². The molecule has 1 unspecified atom stereocenters. The standard InChI is InChI=1S/C13H14Cl2N2O4/c1-8-7-16(3-2-4-21-8)13(18)9-5-10(14)12(15)11(6-9)17(19)20/h5-6,8H,2-4,7H2,1H3. The molecule has 1 aromatic carbocycles. The minimum Gasteiger partial charge on any atom is -0.377 e. The van der Waals surface area contributed by atoms with E-state index in [0.29, 0.717) is 19.7 Å². The highest BCUT2D eigenvalue weighted by molar-refractivity contribution is 6.43. The number of hydrogen-bond acceptors (Lipinski definition) is 4. The number of carbonyl (C=O) groups excluding carboxylic acids is 1. The van der Waals surface area contributed by atoms with Gasteiger partial charge >= 0.3 is 0 Å². The molecule has 8 heteroatoms. The molecule has 21 heavy (non-hydrogen) atoms. The Morgan fingerprint density at radius 1 is 1.48 bits per heavy atom. The molecule has 114 valence electrons. The number of carbonyl (C=O) groups is 1. The van der Waals surface area contributed by atoms with Crippen molar-refractivity contribution in [2.24, 2.45) is 0 Å². The van der Waals surface area contributed by atoms with E-state index < -0.39 is 4.92 Å². The molecule has 1 heterocycles. The minimum atomic E-state index is -0.654. The maximum atomic E-state index is 12.5. The highest BCUT2D eigenvalue weighted by Crippen LogP contribution is 2.33. The lowest BCUT2D eigenvalue weighted by molar-refractivity contribution is -0.384. The number of benzene rings is 1. The van der Waals surface area contributed by atoms with Gasteiger partial charge in [0.2, 0.25) is 0 Å². The largest absolute Gasteiger partial charge is 0.377 e. The molecular weight excluding hydrogens is 319 g/mol. The van der Waals surface area contributed by atoms with Crippen LogP contribution in [0.1, 0.15) is 23.7 Å². The van der Waals surface area contributed by atoms with Gasteiger partial charge < -0.3 is 9.64 Å². The van der Waals surface area contributed by atoms with Crippen molar-refractivity contribution in [3.63, 3.8) is 0 Å². The summed E-state index contributed by atoms with van der Waals surface area (Å²) < 4.78 is 5.47. The second-order valence-corrected chi connectivity index (χ2v) is 5.62. The normalized spacial score (nSPS) is 19.2. The van der Waals surface area contributed by atoms with Gasteiger partial charge in [0.05, 0.1) is 16.0 Å². The fourth-order valence-electron chi connectivity index (χ4n) is 2.19. The first-order valence-corrected chi connectivity index (χ1v) is 7.20. The van der Waals surface area contributed by atoms with Crippen molar-refractivity contribution in [3.8, 4) is 0 Å². The fraction of sp³-hybridized carbons (Fsp3) is 0.462. The van der Waals surface area contributed by atoms with Gasteiger partial charge in [0.1, 0.15) is 5.02 Å². The second kappa shape index (κ2) is 6.60. The number of amides is 1. The monoisotopic (exact) mass is 332 g/mol. The topological polar surface area (TPSA) is 72.7 Å². The second-order valence-electron chi connectivity index (χ2n) is 4.83. The van der Waals surface area contributed by atoms with Gasteiger partial charge in [-0.05, 0) is 19.4 Å². The van der Waals surface area contributed by atoms with Gasteiger partial charge in [0.25, 0.3) is 11.6 Å². The first-order valence-electron chi connectivity index (χ1n) is 6.44. The van der Waals surface area contributed by atoms with Crippen molar-refractivity contribution in [1.82, 2.24) is 4.90 Å². The van der Waals surface area contributed by atoms with Crippen LogP contribution in [0.2, 0.25) is 10.0 Å². The molecule has 1 saturated heterocycles.